The predicted octanol–water partition coefficient (Wildman–Crippen LogP) is 5.25. The van der Waals surface area contributed by atoms with Crippen molar-refractivity contribution >= 4 is 5.91 Å². The van der Waals surface area contributed by atoms with E-state index in [1.807, 2.05) is 43.1 Å². The van der Waals surface area contributed by atoms with Crippen LogP contribution >= 0.6 is 0 Å². The summed E-state index contributed by atoms with van der Waals surface area (Å²) in [4.78, 5) is 18.0. The molecule has 2 aliphatic carbocycles. The molecule has 1 saturated carbocycles. The lowest BCUT2D eigenvalue weighted by Gasteiger charge is -2.66. The summed E-state index contributed by atoms with van der Waals surface area (Å²) in [5.41, 5.74) is 5.58. The van der Waals surface area contributed by atoms with Crippen LogP contribution in [0.2, 0.25) is 0 Å². The predicted molar refractivity (Wildman–Crippen MR) is 160 cm³/mol. The molecule has 5 nitrogen and oxygen atoms in total. The lowest BCUT2D eigenvalue weighted by molar-refractivity contribution is -0.149. The van der Waals surface area contributed by atoms with E-state index in [1.54, 1.807) is 6.07 Å². The van der Waals surface area contributed by atoms with E-state index < -0.39 is 0 Å². The average molecular weight is 547 g/mol. The van der Waals surface area contributed by atoms with Gasteiger partial charge in [-0.2, -0.15) is 0 Å². The molecule has 7 rings (SSSR count). The normalized spacial score (nSPS) is 29.1. The van der Waals surface area contributed by atoms with E-state index in [-0.39, 0.29) is 34.6 Å². The second kappa shape index (κ2) is 9.67. The number of hydrogen-bond donors (Lipinski definition) is 1. The Morgan fingerprint density at radius 3 is 2.76 bits per heavy atom. The fourth-order valence-electron chi connectivity index (χ4n) is 8.73. The van der Waals surface area contributed by atoms with Gasteiger partial charge in [0.2, 0.25) is 0 Å². The number of piperidine rings is 1. The van der Waals surface area contributed by atoms with Crippen LogP contribution < -0.4 is 4.74 Å². The van der Waals surface area contributed by atoms with Crippen molar-refractivity contribution in [2.75, 3.05) is 20.1 Å². The van der Waals surface area contributed by atoms with Gasteiger partial charge in [0, 0.05) is 42.1 Å². The lowest BCUT2D eigenvalue weighted by atomic mass is 9.43. The molecule has 1 saturated heterocycles. The molecule has 5 atom stereocenters. The number of phenolic OH excluding ortho intramolecular Hbond substituents is 1. The maximum atomic E-state index is 13.5. The molecule has 3 aromatic rings. The van der Waals surface area contributed by atoms with Gasteiger partial charge in [-0.25, -0.2) is 0 Å². The highest BCUT2D eigenvalue weighted by Crippen LogP contribution is 2.69. The summed E-state index contributed by atoms with van der Waals surface area (Å²) in [5.74, 6) is 6.65. The number of carbonyl (C=O) groups excluding carboxylic acids is 1. The highest BCUT2D eigenvalue weighted by atomic mass is 16.5. The minimum Gasteiger partial charge on any atom is -0.504 e. The van der Waals surface area contributed by atoms with Crippen LogP contribution in [-0.2, 0) is 23.1 Å². The molecule has 2 heterocycles. The number of hydrogen-bond acceptors (Lipinski definition) is 4. The van der Waals surface area contributed by atoms with Crippen LogP contribution in [0.5, 0.6) is 11.5 Å². The number of rotatable bonds is 4. The van der Waals surface area contributed by atoms with Crippen molar-refractivity contribution in [1.82, 2.24) is 9.80 Å². The number of likely N-dealkylation sites (N-methyl/N-ethyl adjacent to an activating group) is 1. The van der Waals surface area contributed by atoms with Gasteiger partial charge in [-0.1, -0.05) is 61.4 Å². The summed E-state index contributed by atoms with van der Waals surface area (Å²) >= 11 is 0. The number of amides is 1. The zero-order chi connectivity index (χ0) is 28.4. The molecule has 1 N–H and O–H groups in total. The van der Waals surface area contributed by atoms with Crippen molar-refractivity contribution in [3.63, 3.8) is 0 Å². The van der Waals surface area contributed by atoms with E-state index in [2.05, 4.69) is 60.1 Å². The molecule has 2 fully saturated rings. The van der Waals surface area contributed by atoms with Gasteiger partial charge in [-0.15, -0.1) is 0 Å². The van der Waals surface area contributed by atoms with Crippen molar-refractivity contribution in [3.05, 3.63) is 94.5 Å². The number of ether oxygens (including phenoxy) is 1. The van der Waals surface area contributed by atoms with Gasteiger partial charge in [-0.05, 0) is 85.9 Å². The SMILES string of the molecule is Cc1cccc(C#CC(=O)N(C)[C@H]2CC[C@@]3(C)[C@H]4Cc5ccc(O)c6c5[C@@]3(CCN4CCc3ccccc3)[C@H]2O6)c1. The zero-order valence-corrected chi connectivity index (χ0v) is 24.2. The molecule has 3 aromatic carbocycles. The van der Waals surface area contributed by atoms with Crippen LogP contribution in [0.15, 0.2) is 66.7 Å². The van der Waals surface area contributed by atoms with Gasteiger partial charge in [0.25, 0.3) is 5.91 Å². The second-order valence-electron chi connectivity index (χ2n) is 12.8. The van der Waals surface area contributed by atoms with Crippen LogP contribution in [0.1, 0.15) is 54.0 Å². The first kappa shape index (κ1) is 26.2. The topological polar surface area (TPSA) is 53.0 Å². The van der Waals surface area contributed by atoms with Gasteiger partial charge in [-0.3, -0.25) is 9.69 Å². The Hall–Kier alpha value is -3.75. The molecule has 210 valence electrons. The highest BCUT2D eigenvalue weighted by molar-refractivity contribution is 5.94. The van der Waals surface area contributed by atoms with Gasteiger partial charge in [0.1, 0.15) is 6.10 Å². The summed E-state index contributed by atoms with van der Waals surface area (Å²) in [6.45, 7) is 6.50. The Balaban J connectivity index is 1.22. The monoisotopic (exact) mass is 546 g/mol. The van der Waals surface area contributed by atoms with E-state index in [9.17, 15) is 9.90 Å². The molecule has 1 spiro atoms. The Bertz CT molecular complexity index is 1570. The summed E-state index contributed by atoms with van der Waals surface area (Å²) in [7, 11) is 1.87. The Kier molecular flexibility index (Phi) is 6.17. The molecule has 5 heteroatoms. The minimum atomic E-state index is -0.246. The molecule has 41 heavy (non-hydrogen) atoms. The van der Waals surface area contributed by atoms with Crippen molar-refractivity contribution in [3.8, 4) is 23.3 Å². The number of aryl methyl sites for hydroxylation is 1. The Labute approximate surface area is 243 Å². The first-order valence-electron chi connectivity index (χ1n) is 15.0. The standard InChI is InChI=1S/C36H38N2O3/c1-24-8-7-11-26(22-24)12-15-31(40)37(3)28-16-18-35(2)30-23-27-13-14-29(39)33-32(27)36(35,34(28)41-33)19-21-38(30)20-17-25-9-5-4-6-10-25/h4-11,13-14,22,28,30,34,39H,16-21,23H2,1-3H3/t28-,30+,34-,35-,36-/m0/s1. The largest absolute Gasteiger partial charge is 0.504 e. The molecule has 0 radical (unpaired) electrons. The quantitative estimate of drug-likeness (QED) is 0.454. The molecule has 1 amide bonds. The van der Waals surface area contributed by atoms with E-state index in [0.717, 1.165) is 56.3 Å². The molecule has 0 unspecified atom stereocenters. The molecular formula is C36H38N2O3. The summed E-state index contributed by atoms with van der Waals surface area (Å²) in [5, 5.41) is 11.0. The van der Waals surface area contributed by atoms with Crippen molar-refractivity contribution in [1.29, 1.82) is 0 Å². The van der Waals surface area contributed by atoms with Crippen molar-refractivity contribution in [2.24, 2.45) is 5.41 Å². The van der Waals surface area contributed by atoms with E-state index in [0.29, 0.717) is 11.8 Å². The summed E-state index contributed by atoms with van der Waals surface area (Å²) < 4.78 is 6.79. The lowest BCUT2D eigenvalue weighted by Crippen LogP contribution is -2.73. The van der Waals surface area contributed by atoms with E-state index in [4.69, 9.17) is 4.74 Å². The molecule has 4 aliphatic rings. The van der Waals surface area contributed by atoms with Crippen LogP contribution in [0.25, 0.3) is 0 Å². The number of benzene rings is 3. The molecule has 2 aliphatic heterocycles. The highest BCUT2D eigenvalue weighted by Gasteiger charge is 2.71. The number of likely N-dealkylation sites (tertiary alicyclic amines) is 1. The number of aromatic hydroxyl groups is 1. The fourth-order valence-corrected chi connectivity index (χ4v) is 8.73. The maximum absolute atomic E-state index is 13.5. The summed E-state index contributed by atoms with van der Waals surface area (Å²) in [6.07, 6.45) is 4.60. The third-order valence-electron chi connectivity index (χ3n) is 10.8. The van der Waals surface area contributed by atoms with Crippen LogP contribution in [-0.4, -0.2) is 59.1 Å². The molecule has 0 aromatic heterocycles. The molecule has 2 bridgehead atoms. The first-order valence-corrected chi connectivity index (χ1v) is 15.0. The van der Waals surface area contributed by atoms with Gasteiger partial charge in [0.15, 0.2) is 11.5 Å². The summed E-state index contributed by atoms with van der Waals surface area (Å²) in [6, 6.07) is 22.9. The number of nitrogens with zero attached hydrogens (tertiary/aromatic N) is 2. The third kappa shape index (κ3) is 3.91. The third-order valence-corrected chi connectivity index (χ3v) is 10.8. The second-order valence-corrected chi connectivity index (χ2v) is 12.8. The van der Waals surface area contributed by atoms with E-state index in [1.165, 1.54) is 16.7 Å². The fraction of sp³-hybridized carbons (Fsp3) is 0.417. The van der Waals surface area contributed by atoms with Crippen LogP contribution in [0.4, 0.5) is 0 Å². The van der Waals surface area contributed by atoms with Crippen LogP contribution in [0.3, 0.4) is 0 Å². The van der Waals surface area contributed by atoms with E-state index >= 15 is 0 Å². The minimum absolute atomic E-state index is 0.0215. The Morgan fingerprint density at radius 2 is 1.95 bits per heavy atom. The van der Waals surface area contributed by atoms with Gasteiger partial charge in [0.05, 0.1) is 6.04 Å². The van der Waals surface area contributed by atoms with Gasteiger partial charge >= 0.3 is 0 Å². The Morgan fingerprint density at radius 1 is 1.12 bits per heavy atom. The average Bonchev–Trinajstić information content (AvgIpc) is 3.33. The number of phenols is 1. The smallest absolute Gasteiger partial charge is 0.298 e. The van der Waals surface area contributed by atoms with Crippen molar-refractivity contribution in [2.45, 2.75) is 69.6 Å². The maximum Gasteiger partial charge on any atom is 0.298 e. The van der Waals surface area contributed by atoms with Crippen LogP contribution in [0, 0.1) is 24.2 Å². The zero-order valence-electron chi connectivity index (χ0n) is 24.2. The van der Waals surface area contributed by atoms with Gasteiger partial charge < -0.3 is 14.7 Å². The molecular weight excluding hydrogens is 508 g/mol. The number of carbonyl (C=O) groups is 1. The van der Waals surface area contributed by atoms with Crippen molar-refractivity contribution < 1.29 is 14.6 Å². The first-order chi connectivity index (χ1) is 19.8.